The van der Waals surface area contributed by atoms with Crippen LogP contribution in [0.3, 0.4) is 0 Å². The molecule has 0 aliphatic rings. The molecule has 0 aliphatic heterocycles. The molecule has 0 unspecified atom stereocenters. The summed E-state index contributed by atoms with van der Waals surface area (Å²) in [6, 6.07) is 24.7. The molecule has 0 fully saturated rings. The molecule has 4 rings (SSSR count). The average molecular weight is 398 g/mol. The number of nitrogens with zero attached hydrogens (tertiary/aromatic N) is 2. The van der Waals surface area contributed by atoms with Gasteiger partial charge in [-0.15, -0.1) is 0 Å². The molecule has 30 heavy (non-hydrogen) atoms. The monoisotopic (exact) mass is 398 g/mol. The summed E-state index contributed by atoms with van der Waals surface area (Å²) in [5.74, 6) is 0.455. The minimum absolute atomic E-state index is 0.161. The highest BCUT2D eigenvalue weighted by Crippen LogP contribution is 2.20. The molecule has 5 nitrogen and oxygen atoms in total. The van der Waals surface area contributed by atoms with Crippen molar-refractivity contribution in [3.63, 3.8) is 0 Å². The highest BCUT2D eigenvalue weighted by Gasteiger charge is 2.08. The zero-order valence-electron chi connectivity index (χ0n) is 16.0. The largest absolute Gasteiger partial charge is 0.348 e. The molecule has 6 heteroatoms. The summed E-state index contributed by atoms with van der Waals surface area (Å²) >= 11 is 0. The van der Waals surface area contributed by atoms with E-state index in [9.17, 15) is 9.18 Å². The van der Waals surface area contributed by atoms with Crippen LogP contribution in [0.2, 0.25) is 0 Å². The van der Waals surface area contributed by atoms with Gasteiger partial charge in [0.05, 0.1) is 0 Å². The van der Waals surface area contributed by atoms with Gasteiger partial charge in [0.25, 0.3) is 5.91 Å². The summed E-state index contributed by atoms with van der Waals surface area (Å²) < 4.78 is 13.5. The lowest BCUT2D eigenvalue weighted by molar-refractivity contribution is 0.0951. The number of carbonyl (C=O) groups excluding carboxylic acids is 1. The number of nitrogens with one attached hydrogen (secondary N) is 2. The third-order valence-electron chi connectivity index (χ3n) is 4.43. The van der Waals surface area contributed by atoms with Gasteiger partial charge in [0.2, 0.25) is 0 Å². The van der Waals surface area contributed by atoms with E-state index < -0.39 is 0 Å². The molecule has 0 spiro atoms. The summed E-state index contributed by atoms with van der Waals surface area (Å²) in [4.78, 5) is 21.1. The molecule has 0 aliphatic carbocycles. The van der Waals surface area contributed by atoms with Crippen LogP contribution in [0.15, 0.2) is 91.1 Å². The maximum Gasteiger partial charge on any atom is 0.251 e. The van der Waals surface area contributed by atoms with Crippen molar-refractivity contribution in [3.8, 4) is 11.4 Å². The van der Waals surface area contributed by atoms with Crippen LogP contribution in [0.5, 0.6) is 0 Å². The summed E-state index contributed by atoms with van der Waals surface area (Å²) in [6.45, 7) is 0.459. The maximum absolute atomic E-state index is 13.5. The van der Waals surface area contributed by atoms with Crippen molar-refractivity contribution >= 4 is 17.4 Å². The Bertz CT molecular complexity index is 1160. The van der Waals surface area contributed by atoms with E-state index in [1.54, 1.807) is 42.6 Å². The molecule has 0 saturated heterocycles. The van der Waals surface area contributed by atoms with Gasteiger partial charge < -0.3 is 10.6 Å². The molecule has 2 N–H and O–H groups in total. The van der Waals surface area contributed by atoms with Gasteiger partial charge in [-0.05, 0) is 42.0 Å². The lowest BCUT2D eigenvalue weighted by Gasteiger charge is -2.10. The van der Waals surface area contributed by atoms with Crippen molar-refractivity contribution in [3.05, 3.63) is 108 Å². The van der Waals surface area contributed by atoms with Crippen LogP contribution in [0.25, 0.3) is 11.4 Å². The fraction of sp³-hybridized carbons (Fsp3) is 0.0417. The van der Waals surface area contributed by atoms with E-state index in [4.69, 9.17) is 0 Å². The minimum atomic E-state index is -0.344. The van der Waals surface area contributed by atoms with Crippen molar-refractivity contribution in [2.24, 2.45) is 0 Å². The van der Waals surface area contributed by atoms with Crippen molar-refractivity contribution in [1.29, 1.82) is 0 Å². The predicted octanol–water partition coefficient (Wildman–Crippen LogP) is 4.96. The van der Waals surface area contributed by atoms with Crippen LogP contribution in [-0.4, -0.2) is 15.9 Å². The molecule has 0 bridgehead atoms. The number of rotatable bonds is 6. The molecular formula is C24H19FN4O. The number of benzene rings is 3. The molecule has 0 saturated carbocycles. The fourth-order valence-electron chi connectivity index (χ4n) is 2.96. The highest BCUT2D eigenvalue weighted by atomic mass is 19.1. The SMILES string of the molecule is O=C(NCc1ccccc1)c1cccc(Nc2ccnc(-c3cccc(F)c3)n2)c1. The minimum Gasteiger partial charge on any atom is -0.348 e. The maximum atomic E-state index is 13.5. The molecule has 3 aromatic carbocycles. The summed E-state index contributed by atoms with van der Waals surface area (Å²) in [5, 5.41) is 6.09. The Labute approximate surface area is 173 Å². The number of anilines is 2. The van der Waals surface area contributed by atoms with Crippen LogP contribution < -0.4 is 10.6 Å². The van der Waals surface area contributed by atoms with Gasteiger partial charge in [-0.3, -0.25) is 4.79 Å². The first kappa shape index (κ1) is 19.3. The molecule has 1 heterocycles. The number of halogens is 1. The van der Waals surface area contributed by atoms with Crippen LogP contribution in [0.1, 0.15) is 15.9 Å². The van der Waals surface area contributed by atoms with Gasteiger partial charge in [0, 0.05) is 29.6 Å². The van der Waals surface area contributed by atoms with E-state index in [2.05, 4.69) is 20.6 Å². The molecule has 148 valence electrons. The number of carbonyl (C=O) groups is 1. The molecule has 4 aromatic rings. The Morgan fingerprint density at radius 3 is 2.57 bits per heavy atom. The third-order valence-corrected chi connectivity index (χ3v) is 4.43. The average Bonchev–Trinajstić information content (AvgIpc) is 2.78. The third kappa shape index (κ3) is 4.86. The van der Waals surface area contributed by atoms with Gasteiger partial charge in [-0.2, -0.15) is 0 Å². The Morgan fingerprint density at radius 2 is 1.73 bits per heavy atom. The van der Waals surface area contributed by atoms with E-state index in [0.29, 0.717) is 35.0 Å². The summed E-state index contributed by atoms with van der Waals surface area (Å²) in [6.07, 6.45) is 1.60. The number of amides is 1. The molecule has 1 amide bonds. The second-order valence-electron chi connectivity index (χ2n) is 6.65. The Hall–Kier alpha value is -4.06. The Morgan fingerprint density at radius 1 is 0.900 bits per heavy atom. The van der Waals surface area contributed by atoms with Gasteiger partial charge in [0.1, 0.15) is 11.6 Å². The molecule has 0 atom stereocenters. The zero-order chi connectivity index (χ0) is 20.8. The smallest absolute Gasteiger partial charge is 0.251 e. The second-order valence-corrected chi connectivity index (χ2v) is 6.65. The van der Waals surface area contributed by atoms with Gasteiger partial charge in [-0.25, -0.2) is 14.4 Å². The van der Waals surface area contributed by atoms with E-state index >= 15 is 0 Å². The topological polar surface area (TPSA) is 66.9 Å². The van der Waals surface area contributed by atoms with Crippen LogP contribution in [-0.2, 0) is 6.54 Å². The Balaban J connectivity index is 1.47. The highest BCUT2D eigenvalue weighted by molar-refractivity contribution is 5.95. The molecular weight excluding hydrogens is 379 g/mol. The van der Waals surface area contributed by atoms with E-state index in [-0.39, 0.29) is 11.7 Å². The fourth-order valence-corrected chi connectivity index (χ4v) is 2.96. The first-order valence-corrected chi connectivity index (χ1v) is 9.45. The van der Waals surface area contributed by atoms with E-state index in [1.165, 1.54) is 12.1 Å². The van der Waals surface area contributed by atoms with Gasteiger partial charge in [0.15, 0.2) is 5.82 Å². The summed E-state index contributed by atoms with van der Waals surface area (Å²) in [5.41, 5.74) is 2.88. The Kier molecular flexibility index (Phi) is 5.75. The molecule has 1 aromatic heterocycles. The van der Waals surface area contributed by atoms with Crippen molar-refractivity contribution in [2.75, 3.05) is 5.32 Å². The lowest BCUT2D eigenvalue weighted by Crippen LogP contribution is -2.22. The quantitative estimate of drug-likeness (QED) is 0.482. The number of hydrogen-bond acceptors (Lipinski definition) is 4. The first-order valence-electron chi connectivity index (χ1n) is 9.45. The van der Waals surface area contributed by atoms with Gasteiger partial charge >= 0.3 is 0 Å². The normalized spacial score (nSPS) is 10.4. The number of aromatic nitrogens is 2. The van der Waals surface area contributed by atoms with Crippen molar-refractivity contribution < 1.29 is 9.18 Å². The van der Waals surface area contributed by atoms with Crippen molar-refractivity contribution in [1.82, 2.24) is 15.3 Å². The van der Waals surface area contributed by atoms with Crippen LogP contribution >= 0.6 is 0 Å². The second kappa shape index (κ2) is 8.96. The number of hydrogen-bond donors (Lipinski definition) is 2. The zero-order valence-corrected chi connectivity index (χ0v) is 16.0. The lowest BCUT2D eigenvalue weighted by atomic mass is 10.1. The van der Waals surface area contributed by atoms with Crippen LogP contribution in [0.4, 0.5) is 15.9 Å². The van der Waals surface area contributed by atoms with E-state index in [1.807, 2.05) is 36.4 Å². The molecule has 0 radical (unpaired) electrons. The van der Waals surface area contributed by atoms with Gasteiger partial charge in [-0.1, -0.05) is 48.5 Å². The summed E-state index contributed by atoms with van der Waals surface area (Å²) in [7, 11) is 0. The predicted molar refractivity (Wildman–Crippen MR) is 115 cm³/mol. The standard InChI is InChI=1S/C24H19FN4O/c25-20-10-4-8-18(14-20)23-26-13-12-22(29-23)28-21-11-5-9-19(15-21)24(30)27-16-17-6-2-1-3-7-17/h1-15H,16H2,(H,27,30)(H,26,28,29). The van der Waals surface area contributed by atoms with Crippen molar-refractivity contribution in [2.45, 2.75) is 6.54 Å². The first-order chi connectivity index (χ1) is 14.7. The van der Waals surface area contributed by atoms with Crippen LogP contribution in [0, 0.1) is 5.82 Å². The van der Waals surface area contributed by atoms with E-state index in [0.717, 1.165) is 5.56 Å².